The first-order chi connectivity index (χ1) is 9.57. The molecule has 0 saturated carbocycles. The average Bonchev–Trinajstić information content (AvgIpc) is 2.26. The molecular weight excluding hydrogens is 336 g/mol. The Labute approximate surface area is 139 Å². The van der Waals surface area contributed by atoms with Crippen molar-refractivity contribution in [2.75, 3.05) is 0 Å². The molecule has 0 bridgehead atoms. The van der Waals surface area contributed by atoms with Crippen molar-refractivity contribution in [3.8, 4) is 0 Å². The Morgan fingerprint density at radius 3 is 1.19 bits per heavy atom. The van der Waals surface area contributed by atoms with Crippen LogP contribution in [0, 0.1) is 5.41 Å². The normalized spacial score (nSPS) is 18.3. The maximum absolute atomic E-state index is 10.9. The van der Waals surface area contributed by atoms with Gasteiger partial charge in [-0.2, -0.15) is 37.9 Å². The van der Waals surface area contributed by atoms with Gasteiger partial charge in [-0.15, -0.1) is 0 Å². The van der Waals surface area contributed by atoms with Crippen LogP contribution in [0.15, 0.2) is 0 Å². The van der Waals surface area contributed by atoms with Crippen LogP contribution in [0.5, 0.6) is 0 Å². The number of rotatable bonds is 10. The standard InChI is InChI=1S/C12H20O6S3/c1-2-12(6(19)3-9(13)14,7(20)4-10(15)16)8(21)5-11(17)18/h6-8,19-21H,2-5H2,1H3,(H,13,14)(H,15,16)(H,17,18). The Kier molecular flexibility index (Phi) is 8.57. The van der Waals surface area contributed by atoms with Crippen molar-refractivity contribution < 1.29 is 29.7 Å². The number of aliphatic carboxylic acids is 3. The summed E-state index contributed by atoms with van der Waals surface area (Å²) in [5.41, 5.74) is -1.04. The molecule has 0 aliphatic rings. The smallest absolute Gasteiger partial charge is 0.304 e. The van der Waals surface area contributed by atoms with E-state index in [0.717, 1.165) is 0 Å². The van der Waals surface area contributed by atoms with Gasteiger partial charge in [-0.05, 0) is 6.42 Å². The highest BCUT2D eigenvalue weighted by molar-refractivity contribution is 7.83. The first kappa shape index (κ1) is 20.5. The Morgan fingerprint density at radius 1 is 0.810 bits per heavy atom. The van der Waals surface area contributed by atoms with E-state index in [1.165, 1.54) is 0 Å². The second-order valence-corrected chi connectivity index (χ2v) is 6.68. The van der Waals surface area contributed by atoms with Gasteiger partial charge in [0.25, 0.3) is 0 Å². The van der Waals surface area contributed by atoms with Crippen LogP contribution in [0.4, 0.5) is 0 Å². The first-order valence-electron chi connectivity index (χ1n) is 6.27. The van der Waals surface area contributed by atoms with Crippen LogP contribution in [-0.4, -0.2) is 49.0 Å². The number of carbonyl (C=O) groups is 3. The van der Waals surface area contributed by atoms with Crippen molar-refractivity contribution in [3.05, 3.63) is 0 Å². The maximum atomic E-state index is 10.9. The highest BCUT2D eigenvalue weighted by atomic mass is 32.1. The fraction of sp³-hybridized carbons (Fsp3) is 0.750. The molecule has 0 amide bonds. The van der Waals surface area contributed by atoms with Crippen molar-refractivity contribution in [3.63, 3.8) is 0 Å². The molecule has 0 aliphatic heterocycles. The predicted molar refractivity (Wildman–Crippen MR) is 87.8 cm³/mol. The van der Waals surface area contributed by atoms with E-state index in [-0.39, 0.29) is 19.3 Å². The van der Waals surface area contributed by atoms with E-state index in [0.29, 0.717) is 6.42 Å². The monoisotopic (exact) mass is 356 g/mol. The highest BCUT2D eigenvalue weighted by Crippen LogP contribution is 2.46. The number of thiol groups is 3. The van der Waals surface area contributed by atoms with E-state index < -0.39 is 39.1 Å². The van der Waals surface area contributed by atoms with E-state index >= 15 is 0 Å². The summed E-state index contributed by atoms with van der Waals surface area (Å²) in [6, 6.07) is 0. The van der Waals surface area contributed by atoms with E-state index in [1.807, 2.05) is 0 Å². The summed E-state index contributed by atoms with van der Waals surface area (Å²) in [5, 5.41) is 24.5. The second-order valence-electron chi connectivity index (χ2n) is 4.81. The van der Waals surface area contributed by atoms with E-state index in [4.69, 9.17) is 15.3 Å². The van der Waals surface area contributed by atoms with Gasteiger partial charge in [0.2, 0.25) is 0 Å². The minimum Gasteiger partial charge on any atom is -0.481 e. The SMILES string of the molecule is CCC(C(S)CC(=O)O)(C(S)CC(=O)O)C(S)CC(=O)O. The maximum Gasteiger partial charge on any atom is 0.304 e. The minimum atomic E-state index is -1.10. The quantitative estimate of drug-likeness (QED) is 0.332. The molecule has 3 atom stereocenters. The topological polar surface area (TPSA) is 112 Å². The largest absolute Gasteiger partial charge is 0.481 e. The van der Waals surface area contributed by atoms with E-state index in [9.17, 15) is 14.4 Å². The summed E-state index contributed by atoms with van der Waals surface area (Å²) in [5.74, 6) is -3.29. The van der Waals surface area contributed by atoms with Gasteiger partial charge >= 0.3 is 17.9 Å². The molecule has 122 valence electrons. The zero-order chi connectivity index (χ0) is 16.8. The summed E-state index contributed by atoms with van der Waals surface area (Å²) in [6.45, 7) is 1.72. The molecule has 0 rings (SSSR count). The lowest BCUT2D eigenvalue weighted by Crippen LogP contribution is -2.49. The van der Waals surface area contributed by atoms with Crippen LogP contribution in [0.3, 0.4) is 0 Å². The molecule has 0 heterocycles. The molecule has 3 N–H and O–H groups in total. The third kappa shape index (κ3) is 5.63. The fourth-order valence-corrected chi connectivity index (χ4v) is 4.89. The first-order valence-corrected chi connectivity index (χ1v) is 7.82. The lowest BCUT2D eigenvalue weighted by atomic mass is 9.71. The summed E-state index contributed by atoms with van der Waals surface area (Å²) in [7, 11) is 0. The molecular formula is C12H20O6S3. The number of carboxylic acid groups (broad SMARTS) is 3. The van der Waals surface area contributed by atoms with Gasteiger partial charge < -0.3 is 15.3 Å². The van der Waals surface area contributed by atoms with Crippen molar-refractivity contribution >= 4 is 55.8 Å². The molecule has 0 aliphatic carbocycles. The number of hydrogen-bond acceptors (Lipinski definition) is 6. The average molecular weight is 356 g/mol. The van der Waals surface area contributed by atoms with Crippen molar-refractivity contribution in [1.29, 1.82) is 0 Å². The molecule has 0 saturated heterocycles. The molecule has 9 heteroatoms. The van der Waals surface area contributed by atoms with E-state index in [2.05, 4.69) is 37.9 Å². The molecule has 21 heavy (non-hydrogen) atoms. The van der Waals surface area contributed by atoms with Gasteiger partial charge in [-0.1, -0.05) is 6.92 Å². The van der Waals surface area contributed by atoms with Crippen LogP contribution >= 0.6 is 37.9 Å². The molecule has 0 aromatic heterocycles. The zero-order valence-electron chi connectivity index (χ0n) is 11.5. The third-order valence-electron chi connectivity index (χ3n) is 3.58. The molecule has 3 unspecified atom stereocenters. The fourth-order valence-electron chi connectivity index (χ4n) is 2.44. The lowest BCUT2D eigenvalue weighted by molar-refractivity contribution is -0.137. The Balaban J connectivity index is 5.60. The van der Waals surface area contributed by atoms with Gasteiger partial charge in [0.05, 0.1) is 19.3 Å². The van der Waals surface area contributed by atoms with Crippen LogP contribution in [0.25, 0.3) is 0 Å². The summed E-state index contributed by atoms with van der Waals surface area (Å²) in [6.07, 6.45) is -0.670. The van der Waals surface area contributed by atoms with Gasteiger partial charge in [0.15, 0.2) is 0 Å². The van der Waals surface area contributed by atoms with Crippen LogP contribution < -0.4 is 0 Å². The predicted octanol–water partition coefficient (Wildman–Crippen LogP) is 1.70. The van der Waals surface area contributed by atoms with Gasteiger partial charge in [0.1, 0.15) is 0 Å². The second kappa shape index (κ2) is 8.79. The third-order valence-corrected chi connectivity index (χ3v) is 5.57. The number of hydrogen-bond donors (Lipinski definition) is 6. The zero-order valence-corrected chi connectivity index (χ0v) is 14.2. The van der Waals surface area contributed by atoms with Gasteiger partial charge in [-0.3, -0.25) is 14.4 Å². The number of carboxylic acids is 3. The molecule has 0 radical (unpaired) electrons. The van der Waals surface area contributed by atoms with E-state index in [1.54, 1.807) is 6.92 Å². The summed E-state index contributed by atoms with van der Waals surface area (Å²) >= 11 is 12.9. The van der Waals surface area contributed by atoms with Gasteiger partial charge in [-0.25, -0.2) is 0 Å². The Bertz CT molecular complexity index is 345. The van der Waals surface area contributed by atoms with Crippen LogP contribution in [-0.2, 0) is 14.4 Å². The summed E-state index contributed by atoms with van der Waals surface area (Å²) in [4.78, 5) is 32.8. The van der Waals surface area contributed by atoms with Gasteiger partial charge in [0, 0.05) is 21.2 Å². The van der Waals surface area contributed by atoms with Crippen molar-refractivity contribution in [2.45, 2.75) is 48.4 Å². The Morgan fingerprint density at radius 2 is 1.05 bits per heavy atom. The molecule has 0 aromatic carbocycles. The highest BCUT2D eigenvalue weighted by Gasteiger charge is 2.47. The minimum absolute atomic E-state index is 0.317. The van der Waals surface area contributed by atoms with Crippen LogP contribution in [0.2, 0.25) is 0 Å². The molecule has 0 aromatic rings. The molecule has 0 spiro atoms. The lowest BCUT2D eigenvalue weighted by Gasteiger charge is -2.45. The van der Waals surface area contributed by atoms with Crippen molar-refractivity contribution in [1.82, 2.24) is 0 Å². The molecule has 6 nitrogen and oxygen atoms in total. The van der Waals surface area contributed by atoms with Crippen LogP contribution in [0.1, 0.15) is 32.6 Å². The van der Waals surface area contributed by atoms with Crippen molar-refractivity contribution in [2.24, 2.45) is 5.41 Å². The Hall–Kier alpha value is -0.540. The summed E-state index contributed by atoms with van der Waals surface area (Å²) < 4.78 is 0. The molecule has 0 fully saturated rings.